The number of hydrogen-bond acceptors (Lipinski definition) is 3. The minimum atomic E-state index is -0.828. The molecule has 29 heavy (non-hydrogen) atoms. The number of ether oxygens (including phenoxy) is 1. The van der Waals surface area contributed by atoms with Gasteiger partial charge >= 0.3 is 0 Å². The Kier molecular flexibility index (Phi) is 5.91. The van der Waals surface area contributed by atoms with Gasteiger partial charge in [0.15, 0.2) is 0 Å². The van der Waals surface area contributed by atoms with Gasteiger partial charge in [-0.25, -0.2) is 0 Å². The predicted molar refractivity (Wildman–Crippen MR) is 114 cm³/mol. The van der Waals surface area contributed by atoms with E-state index in [1.54, 1.807) is 7.11 Å². The van der Waals surface area contributed by atoms with Crippen LogP contribution in [0, 0.1) is 5.92 Å². The summed E-state index contributed by atoms with van der Waals surface area (Å²) in [4.78, 5) is 15.2. The third-order valence-electron chi connectivity index (χ3n) is 6.87. The molecule has 4 heteroatoms. The van der Waals surface area contributed by atoms with Crippen LogP contribution >= 0.6 is 0 Å². The molecule has 3 atom stereocenters. The second-order valence-electron chi connectivity index (χ2n) is 8.40. The standard InChI is InChI=1S/C25H31NO3/c1-29-23-14-8-5-9-19(23)15-16-24(27)26-18-17-25(28,20-10-3-2-4-11-20)21-12-6-7-13-22(21)26/h2-5,8-11,14,21-22,28H,6-7,12-13,15-18H2,1H3/t21-,22+,25?/m0/s1. The van der Waals surface area contributed by atoms with E-state index < -0.39 is 5.60 Å². The Balaban J connectivity index is 1.50. The second kappa shape index (κ2) is 8.58. The molecule has 1 unspecified atom stereocenters. The van der Waals surface area contributed by atoms with Gasteiger partial charge < -0.3 is 14.7 Å². The Labute approximate surface area is 173 Å². The van der Waals surface area contributed by atoms with Crippen molar-refractivity contribution in [2.75, 3.05) is 13.7 Å². The largest absolute Gasteiger partial charge is 0.496 e. The zero-order valence-electron chi connectivity index (χ0n) is 17.2. The van der Waals surface area contributed by atoms with E-state index in [2.05, 4.69) is 4.90 Å². The van der Waals surface area contributed by atoms with E-state index in [0.29, 0.717) is 25.8 Å². The van der Waals surface area contributed by atoms with Crippen molar-refractivity contribution in [2.45, 2.75) is 56.6 Å². The van der Waals surface area contributed by atoms with Crippen LogP contribution in [0.15, 0.2) is 54.6 Å². The lowest BCUT2D eigenvalue weighted by Crippen LogP contribution is -2.59. The molecule has 1 saturated carbocycles. The Hall–Kier alpha value is -2.33. The summed E-state index contributed by atoms with van der Waals surface area (Å²) in [6.45, 7) is 0.622. The number of fused-ring (bicyclic) bond motifs is 1. The number of rotatable bonds is 5. The highest BCUT2D eigenvalue weighted by atomic mass is 16.5. The van der Waals surface area contributed by atoms with E-state index in [9.17, 15) is 9.90 Å². The molecule has 2 aromatic rings. The Morgan fingerprint density at radius 3 is 2.62 bits per heavy atom. The number of aryl methyl sites for hydroxylation is 1. The molecule has 0 aromatic heterocycles. The first kappa shape index (κ1) is 20.0. The molecule has 0 spiro atoms. The monoisotopic (exact) mass is 393 g/mol. The van der Waals surface area contributed by atoms with E-state index in [-0.39, 0.29) is 17.9 Å². The van der Waals surface area contributed by atoms with Crippen LogP contribution in [0.5, 0.6) is 5.75 Å². The molecule has 1 N–H and O–H groups in total. The van der Waals surface area contributed by atoms with Gasteiger partial charge in [-0.1, -0.05) is 61.4 Å². The molecule has 154 valence electrons. The Bertz CT molecular complexity index is 837. The number of likely N-dealkylation sites (tertiary alicyclic amines) is 1. The van der Waals surface area contributed by atoms with Gasteiger partial charge in [-0.05, 0) is 42.9 Å². The van der Waals surface area contributed by atoms with Crippen molar-refractivity contribution >= 4 is 5.91 Å². The van der Waals surface area contributed by atoms with Crippen LogP contribution in [-0.4, -0.2) is 35.6 Å². The van der Waals surface area contributed by atoms with Gasteiger partial charge in [0.1, 0.15) is 5.75 Å². The second-order valence-corrected chi connectivity index (χ2v) is 8.40. The van der Waals surface area contributed by atoms with E-state index in [0.717, 1.165) is 42.6 Å². The van der Waals surface area contributed by atoms with Crippen LogP contribution in [-0.2, 0) is 16.8 Å². The number of methoxy groups -OCH3 is 1. The molecular weight excluding hydrogens is 362 g/mol. The van der Waals surface area contributed by atoms with Crippen LogP contribution < -0.4 is 4.74 Å². The normalized spacial score (nSPS) is 26.6. The van der Waals surface area contributed by atoms with Gasteiger partial charge in [-0.2, -0.15) is 0 Å². The fourth-order valence-electron chi connectivity index (χ4n) is 5.37. The maximum atomic E-state index is 13.2. The van der Waals surface area contributed by atoms with Crippen molar-refractivity contribution in [3.8, 4) is 5.75 Å². The zero-order chi connectivity index (χ0) is 20.3. The van der Waals surface area contributed by atoms with Crippen LogP contribution in [0.4, 0.5) is 0 Å². The fourth-order valence-corrected chi connectivity index (χ4v) is 5.37. The number of carbonyl (C=O) groups is 1. The lowest BCUT2D eigenvalue weighted by atomic mass is 9.66. The summed E-state index contributed by atoms with van der Waals surface area (Å²) in [5.74, 6) is 1.15. The van der Waals surface area contributed by atoms with Gasteiger partial charge in [0, 0.05) is 24.9 Å². The smallest absolute Gasteiger partial charge is 0.223 e. The zero-order valence-corrected chi connectivity index (χ0v) is 17.2. The quantitative estimate of drug-likeness (QED) is 0.824. The van der Waals surface area contributed by atoms with Crippen LogP contribution in [0.1, 0.15) is 49.7 Å². The van der Waals surface area contributed by atoms with Crippen molar-refractivity contribution in [3.63, 3.8) is 0 Å². The van der Waals surface area contributed by atoms with Crippen molar-refractivity contribution < 1.29 is 14.6 Å². The number of aliphatic hydroxyl groups is 1. The average Bonchev–Trinajstić information content (AvgIpc) is 2.78. The molecule has 0 bridgehead atoms. The van der Waals surface area contributed by atoms with E-state index in [4.69, 9.17) is 4.74 Å². The highest BCUT2D eigenvalue weighted by molar-refractivity contribution is 5.77. The Morgan fingerprint density at radius 1 is 1.10 bits per heavy atom. The summed E-state index contributed by atoms with van der Waals surface area (Å²) in [7, 11) is 1.67. The first-order chi connectivity index (χ1) is 14.1. The van der Waals surface area contributed by atoms with Crippen molar-refractivity contribution in [3.05, 3.63) is 65.7 Å². The summed E-state index contributed by atoms with van der Waals surface area (Å²) in [5, 5.41) is 11.7. The highest BCUT2D eigenvalue weighted by Gasteiger charge is 2.50. The average molecular weight is 394 g/mol. The molecule has 4 rings (SSSR count). The van der Waals surface area contributed by atoms with Crippen LogP contribution in [0.3, 0.4) is 0 Å². The molecule has 1 heterocycles. The molecule has 1 aliphatic heterocycles. The molecule has 1 saturated heterocycles. The maximum absolute atomic E-state index is 13.2. The summed E-state index contributed by atoms with van der Waals surface area (Å²) in [5.41, 5.74) is 1.24. The summed E-state index contributed by atoms with van der Waals surface area (Å²) in [6.07, 6.45) is 5.99. The molecule has 2 fully saturated rings. The van der Waals surface area contributed by atoms with Gasteiger partial charge in [0.05, 0.1) is 12.7 Å². The first-order valence-electron chi connectivity index (χ1n) is 10.8. The summed E-state index contributed by atoms with van der Waals surface area (Å²) < 4.78 is 5.43. The number of nitrogens with zero attached hydrogens (tertiary/aromatic N) is 1. The summed E-state index contributed by atoms with van der Waals surface area (Å²) in [6, 6.07) is 18.1. The lowest BCUT2D eigenvalue weighted by molar-refractivity contribution is -0.154. The van der Waals surface area contributed by atoms with E-state index in [1.807, 2.05) is 54.6 Å². The minimum Gasteiger partial charge on any atom is -0.496 e. The molecule has 1 aliphatic carbocycles. The van der Waals surface area contributed by atoms with E-state index >= 15 is 0 Å². The maximum Gasteiger partial charge on any atom is 0.223 e. The molecule has 2 aromatic carbocycles. The molecule has 4 nitrogen and oxygen atoms in total. The van der Waals surface area contributed by atoms with Gasteiger partial charge in [0.2, 0.25) is 5.91 Å². The molecule has 0 radical (unpaired) electrons. The topological polar surface area (TPSA) is 49.8 Å². The van der Waals surface area contributed by atoms with Crippen LogP contribution in [0.2, 0.25) is 0 Å². The van der Waals surface area contributed by atoms with Gasteiger partial charge in [0.25, 0.3) is 0 Å². The third kappa shape index (κ3) is 3.91. The Morgan fingerprint density at radius 2 is 1.83 bits per heavy atom. The first-order valence-corrected chi connectivity index (χ1v) is 10.8. The number of benzene rings is 2. The van der Waals surface area contributed by atoms with Crippen molar-refractivity contribution in [1.29, 1.82) is 0 Å². The molecule has 1 amide bonds. The molecular formula is C25H31NO3. The minimum absolute atomic E-state index is 0.114. The van der Waals surface area contributed by atoms with E-state index in [1.165, 1.54) is 0 Å². The third-order valence-corrected chi connectivity index (χ3v) is 6.87. The van der Waals surface area contributed by atoms with Crippen molar-refractivity contribution in [2.24, 2.45) is 5.92 Å². The highest BCUT2D eigenvalue weighted by Crippen LogP contribution is 2.47. The van der Waals surface area contributed by atoms with Crippen LogP contribution in [0.25, 0.3) is 0 Å². The SMILES string of the molecule is COc1ccccc1CCC(=O)N1CCC(O)(c2ccccc2)[C@H]2CCCC[C@H]21. The summed E-state index contributed by atoms with van der Waals surface area (Å²) >= 11 is 0. The number of hydrogen-bond donors (Lipinski definition) is 1. The van der Waals surface area contributed by atoms with Crippen molar-refractivity contribution in [1.82, 2.24) is 4.90 Å². The molecule has 2 aliphatic rings. The number of para-hydroxylation sites is 1. The van der Waals surface area contributed by atoms with Gasteiger partial charge in [-0.15, -0.1) is 0 Å². The van der Waals surface area contributed by atoms with Gasteiger partial charge in [-0.3, -0.25) is 4.79 Å². The predicted octanol–water partition coefficient (Wildman–Crippen LogP) is 4.31. The number of carbonyl (C=O) groups excluding carboxylic acids is 1. The lowest BCUT2D eigenvalue weighted by Gasteiger charge is -2.52. The fraction of sp³-hybridized carbons (Fsp3) is 0.480. The number of amides is 1. The number of piperidine rings is 1.